The zero-order chi connectivity index (χ0) is 19.9. The molecule has 7 heteroatoms. The molecule has 1 aromatic carbocycles. The lowest BCUT2D eigenvalue weighted by atomic mass is 10.1. The number of nitrogens with zero attached hydrogens (tertiary/aromatic N) is 5. The van der Waals surface area contributed by atoms with Gasteiger partial charge in [0.15, 0.2) is 0 Å². The number of imidazole rings is 1. The van der Waals surface area contributed by atoms with Crippen LogP contribution in [-0.2, 0) is 13.1 Å². The van der Waals surface area contributed by atoms with Gasteiger partial charge in [-0.3, -0.25) is 14.9 Å². The van der Waals surface area contributed by atoms with Gasteiger partial charge in [0, 0.05) is 50.0 Å². The monoisotopic (exact) mass is 386 g/mol. The number of aromatic amines is 1. The Morgan fingerprint density at radius 1 is 1.03 bits per heavy atom. The Labute approximate surface area is 169 Å². The van der Waals surface area contributed by atoms with Gasteiger partial charge in [0.05, 0.1) is 23.8 Å². The lowest BCUT2D eigenvalue weighted by Crippen LogP contribution is -2.32. The van der Waals surface area contributed by atoms with E-state index in [1.165, 1.54) is 0 Å². The fourth-order valence-electron chi connectivity index (χ4n) is 3.27. The first-order chi connectivity index (χ1) is 14.3. The van der Waals surface area contributed by atoms with E-state index in [4.69, 9.17) is 0 Å². The normalized spacial score (nSPS) is 10.8. The van der Waals surface area contributed by atoms with E-state index in [0.717, 1.165) is 29.8 Å². The number of nitrogens with one attached hydrogen (secondary N) is 1. The van der Waals surface area contributed by atoms with Crippen molar-refractivity contribution >= 4 is 5.91 Å². The largest absolute Gasteiger partial charge is 0.337 e. The van der Waals surface area contributed by atoms with Crippen molar-refractivity contribution in [1.82, 2.24) is 29.6 Å². The quantitative estimate of drug-likeness (QED) is 0.503. The van der Waals surface area contributed by atoms with Crippen molar-refractivity contribution in [3.05, 3.63) is 90.9 Å². The highest BCUT2D eigenvalue weighted by atomic mass is 16.2. The van der Waals surface area contributed by atoms with Gasteiger partial charge in [-0.2, -0.15) is 5.10 Å². The van der Waals surface area contributed by atoms with Crippen LogP contribution in [0.4, 0.5) is 0 Å². The molecule has 0 atom stereocenters. The van der Waals surface area contributed by atoms with Crippen molar-refractivity contribution in [2.45, 2.75) is 19.5 Å². The second-order valence-corrected chi connectivity index (χ2v) is 6.76. The lowest BCUT2D eigenvalue weighted by molar-refractivity contribution is 0.0740. The van der Waals surface area contributed by atoms with Gasteiger partial charge in [-0.05, 0) is 24.1 Å². The fraction of sp³-hybridized carbons (Fsp3) is 0.182. The Morgan fingerprint density at radius 3 is 2.62 bits per heavy atom. The molecule has 0 spiro atoms. The van der Waals surface area contributed by atoms with E-state index < -0.39 is 0 Å². The van der Waals surface area contributed by atoms with Gasteiger partial charge in [0.25, 0.3) is 5.91 Å². The van der Waals surface area contributed by atoms with Crippen molar-refractivity contribution in [2.24, 2.45) is 0 Å². The van der Waals surface area contributed by atoms with Crippen LogP contribution in [0.15, 0.2) is 79.8 Å². The number of aryl methyl sites for hydroxylation is 1. The summed E-state index contributed by atoms with van der Waals surface area (Å²) >= 11 is 0. The van der Waals surface area contributed by atoms with Crippen LogP contribution >= 0.6 is 0 Å². The topological polar surface area (TPSA) is 79.7 Å². The first-order valence-corrected chi connectivity index (χ1v) is 9.54. The van der Waals surface area contributed by atoms with E-state index in [-0.39, 0.29) is 5.91 Å². The molecule has 146 valence electrons. The van der Waals surface area contributed by atoms with Crippen molar-refractivity contribution < 1.29 is 4.79 Å². The zero-order valence-electron chi connectivity index (χ0n) is 16.0. The van der Waals surface area contributed by atoms with E-state index >= 15 is 0 Å². The van der Waals surface area contributed by atoms with Gasteiger partial charge >= 0.3 is 0 Å². The lowest BCUT2D eigenvalue weighted by Gasteiger charge is -2.23. The maximum absolute atomic E-state index is 13.4. The molecule has 3 aromatic heterocycles. The number of pyridine rings is 1. The number of amides is 1. The minimum Gasteiger partial charge on any atom is -0.337 e. The zero-order valence-corrected chi connectivity index (χ0v) is 16.0. The molecule has 0 radical (unpaired) electrons. The summed E-state index contributed by atoms with van der Waals surface area (Å²) in [5.41, 5.74) is 3.30. The van der Waals surface area contributed by atoms with Crippen LogP contribution in [0.1, 0.15) is 22.3 Å². The van der Waals surface area contributed by atoms with Crippen LogP contribution in [0.5, 0.6) is 0 Å². The van der Waals surface area contributed by atoms with Crippen LogP contribution in [0.2, 0.25) is 0 Å². The molecule has 0 saturated carbocycles. The Morgan fingerprint density at radius 2 is 1.86 bits per heavy atom. The Balaban J connectivity index is 1.55. The highest BCUT2D eigenvalue weighted by Gasteiger charge is 2.21. The first-order valence-electron chi connectivity index (χ1n) is 9.54. The minimum absolute atomic E-state index is 0.0416. The molecule has 0 fully saturated rings. The van der Waals surface area contributed by atoms with Crippen molar-refractivity contribution in [3.8, 4) is 11.3 Å². The fourth-order valence-corrected chi connectivity index (χ4v) is 3.27. The Hall–Kier alpha value is -3.74. The van der Waals surface area contributed by atoms with Crippen LogP contribution < -0.4 is 0 Å². The second-order valence-electron chi connectivity index (χ2n) is 6.76. The number of carbonyl (C=O) groups excluding carboxylic acids is 1. The third-order valence-corrected chi connectivity index (χ3v) is 4.75. The van der Waals surface area contributed by atoms with Gasteiger partial charge in [-0.1, -0.05) is 30.3 Å². The Kier molecular flexibility index (Phi) is 5.76. The third-order valence-electron chi connectivity index (χ3n) is 4.75. The summed E-state index contributed by atoms with van der Waals surface area (Å²) in [6.45, 7) is 1.94. The third kappa shape index (κ3) is 4.57. The van der Waals surface area contributed by atoms with Crippen molar-refractivity contribution in [1.29, 1.82) is 0 Å². The SMILES string of the molecule is O=C(c1cn[nH]c1-c1ccccc1)N(CCCn1ccnc1)Cc1ccncc1. The van der Waals surface area contributed by atoms with Crippen LogP contribution in [-0.4, -0.2) is 42.1 Å². The molecule has 7 nitrogen and oxygen atoms in total. The first kappa shape index (κ1) is 18.6. The maximum Gasteiger partial charge on any atom is 0.257 e. The summed E-state index contributed by atoms with van der Waals surface area (Å²) in [4.78, 5) is 23.4. The van der Waals surface area contributed by atoms with E-state index in [0.29, 0.717) is 18.7 Å². The number of H-pyrrole nitrogens is 1. The average Bonchev–Trinajstić information content (AvgIpc) is 3.46. The predicted octanol–water partition coefficient (Wildman–Crippen LogP) is 3.40. The van der Waals surface area contributed by atoms with Crippen LogP contribution in [0.3, 0.4) is 0 Å². The maximum atomic E-state index is 13.4. The summed E-state index contributed by atoms with van der Waals surface area (Å²) in [6, 6.07) is 13.7. The van der Waals surface area contributed by atoms with Crippen LogP contribution in [0.25, 0.3) is 11.3 Å². The van der Waals surface area contributed by atoms with Gasteiger partial charge < -0.3 is 9.47 Å². The van der Waals surface area contributed by atoms with Crippen molar-refractivity contribution in [3.63, 3.8) is 0 Å². The number of hydrogen-bond acceptors (Lipinski definition) is 4. The van der Waals surface area contributed by atoms with E-state index in [1.54, 1.807) is 31.1 Å². The highest BCUT2D eigenvalue weighted by Crippen LogP contribution is 2.22. The van der Waals surface area contributed by atoms with Crippen LogP contribution in [0, 0.1) is 0 Å². The number of rotatable bonds is 8. The molecule has 0 aliphatic carbocycles. The molecule has 0 aliphatic rings. The second kappa shape index (κ2) is 8.97. The van der Waals surface area contributed by atoms with Gasteiger partial charge in [0.1, 0.15) is 0 Å². The number of carbonyl (C=O) groups is 1. The molecule has 4 rings (SSSR count). The number of benzene rings is 1. The molecule has 29 heavy (non-hydrogen) atoms. The summed E-state index contributed by atoms with van der Waals surface area (Å²) < 4.78 is 2.02. The van der Waals surface area contributed by atoms with Gasteiger partial charge in [-0.25, -0.2) is 4.98 Å². The average molecular weight is 386 g/mol. The van der Waals surface area contributed by atoms with E-state index in [9.17, 15) is 4.79 Å². The molecule has 0 saturated heterocycles. The standard InChI is InChI=1S/C22H22N6O/c29-22(20-15-25-26-21(20)19-5-2-1-3-6-19)28(16-18-7-9-23-10-8-18)13-4-12-27-14-11-24-17-27/h1-3,5-11,14-15,17H,4,12-13,16H2,(H,25,26). The summed E-state index contributed by atoms with van der Waals surface area (Å²) in [5.74, 6) is -0.0416. The summed E-state index contributed by atoms with van der Waals surface area (Å²) in [6.07, 6.45) is 11.4. The minimum atomic E-state index is -0.0416. The molecule has 4 aromatic rings. The van der Waals surface area contributed by atoms with E-state index in [1.807, 2.05) is 58.1 Å². The Bertz CT molecular complexity index is 1030. The van der Waals surface area contributed by atoms with Gasteiger partial charge in [0.2, 0.25) is 0 Å². The molecule has 3 heterocycles. The van der Waals surface area contributed by atoms with Gasteiger partial charge in [-0.15, -0.1) is 0 Å². The molecule has 1 amide bonds. The molecular weight excluding hydrogens is 364 g/mol. The molecule has 0 bridgehead atoms. The summed E-state index contributed by atoms with van der Waals surface area (Å²) in [7, 11) is 0. The number of aromatic nitrogens is 5. The van der Waals surface area contributed by atoms with Crippen molar-refractivity contribution in [2.75, 3.05) is 6.54 Å². The molecule has 0 unspecified atom stereocenters. The predicted molar refractivity (Wildman–Crippen MR) is 110 cm³/mol. The highest BCUT2D eigenvalue weighted by molar-refractivity contribution is 5.99. The molecule has 1 N–H and O–H groups in total. The molecular formula is C22H22N6O. The molecule has 0 aliphatic heterocycles. The summed E-state index contributed by atoms with van der Waals surface area (Å²) in [5, 5.41) is 7.12. The van der Waals surface area contributed by atoms with E-state index in [2.05, 4.69) is 20.2 Å². The number of hydrogen-bond donors (Lipinski definition) is 1. The smallest absolute Gasteiger partial charge is 0.257 e.